The minimum Gasteiger partial charge on any atom is -0.458 e. The molecule has 0 saturated carbocycles. The van der Waals surface area contributed by atoms with Crippen LogP contribution in [0.4, 0.5) is 0 Å². The van der Waals surface area contributed by atoms with Crippen LogP contribution in [-0.2, 0) is 16.1 Å². The molecule has 0 fully saturated rings. The molecule has 1 aromatic carbocycles. The van der Waals surface area contributed by atoms with Gasteiger partial charge in [-0.15, -0.1) is 0 Å². The van der Waals surface area contributed by atoms with Gasteiger partial charge in [0.05, 0.1) is 0 Å². The van der Waals surface area contributed by atoms with Gasteiger partial charge in [0.25, 0.3) is 0 Å². The van der Waals surface area contributed by atoms with Gasteiger partial charge < -0.3 is 4.74 Å². The number of benzene rings is 1. The predicted molar refractivity (Wildman–Crippen MR) is 73.5 cm³/mol. The van der Waals surface area contributed by atoms with E-state index in [4.69, 9.17) is 4.74 Å². The average molecular weight is 330 g/mol. The van der Waals surface area contributed by atoms with Crippen molar-refractivity contribution in [2.24, 2.45) is 0 Å². The van der Waals surface area contributed by atoms with Crippen LogP contribution in [0.5, 0.6) is 0 Å². The molecule has 0 unspecified atom stereocenters. The molecule has 16 heavy (non-hydrogen) atoms. The number of hydrogen-bond acceptors (Lipinski definition) is 2. The van der Waals surface area contributed by atoms with E-state index in [1.165, 1.54) is 0 Å². The topological polar surface area (TPSA) is 26.3 Å². The lowest BCUT2D eigenvalue weighted by atomic mass is 10.2. The standard InChI is InChI=1S/C13H15IO2/c1-11(7-8-14)9-13(15)16-10-12-5-3-2-4-6-12/h2-6,9H,7-8,10H2,1H3/b11-9+. The summed E-state index contributed by atoms with van der Waals surface area (Å²) in [5.74, 6) is -0.258. The Bertz CT molecular complexity index is 357. The summed E-state index contributed by atoms with van der Waals surface area (Å²) >= 11 is 2.29. The lowest BCUT2D eigenvalue weighted by Gasteiger charge is -2.02. The third kappa shape index (κ3) is 5.30. The van der Waals surface area contributed by atoms with Crippen molar-refractivity contribution in [3.63, 3.8) is 0 Å². The fraction of sp³-hybridized carbons (Fsp3) is 0.308. The fourth-order valence-electron chi connectivity index (χ4n) is 1.19. The second kappa shape index (κ2) is 7.44. The molecule has 0 radical (unpaired) electrons. The van der Waals surface area contributed by atoms with Gasteiger partial charge in [0, 0.05) is 10.5 Å². The molecule has 0 aliphatic rings. The summed E-state index contributed by atoms with van der Waals surface area (Å²) in [6.07, 6.45) is 2.50. The predicted octanol–water partition coefficient (Wildman–Crippen LogP) is 3.50. The minimum atomic E-state index is -0.258. The molecule has 0 bridgehead atoms. The summed E-state index contributed by atoms with van der Waals surface area (Å²) in [4.78, 5) is 11.4. The Labute approximate surface area is 110 Å². The first-order valence-electron chi connectivity index (χ1n) is 5.16. The zero-order chi connectivity index (χ0) is 11.8. The van der Waals surface area contributed by atoms with E-state index in [0.717, 1.165) is 22.0 Å². The fourth-order valence-corrected chi connectivity index (χ4v) is 2.04. The Hall–Kier alpha value is -0.840. The highest BCUT2D eigenvalue weighted by atomic mass is 127. The van der Waals surface area contributed by atoms with Crippen molar-refractivity contribution in [1.29, 1.82) is 0 Å². The summed E-state index contributed by atoms with van der Waals surface area (Å²) in [6.45, 7) is 2.29. The first-order valence-corrected chi connectivity index (χ1v) is 6.68. The maximum absolute atomic E-state index is 11.4. The van der Waals surface area contributed by atoms with Gasteiger partial charge in [0.15, 0.2) is 0 Å². The summed E-state index contributed by atoms with van der Waals surface area (Å²) in [6, 6.07) is 9.68. The van der Waals surface area contributed by atoms with E-state index >= 15 is 0 Å². The van der Waals surface area contributed by atoms with E-state index in [2.05, 4.69) is 22.6 Å². The second-order valence-electron chi connectivity index (χ2n) is 3.52. The highest BCUT2D eigenvalue weighted by Crippen LogP contribution is 2.05. The van der Waals surface area contributed by atoms with Gasteiger partial charge >= 0.3 is 5.97 Å². The van der Waals surface area contributed by atoms with E-state index < -0.39 is 0 Å². The molecule has 2 nitrogen and oxygen atoms in total. The van der Waals surface area contributed by atoms with Crippen LogP contribution in [0, 0.1) is 0 Å². The summed E-state index contributed by atoms with van der Waals surface area (Å²) in [5, 5.41) is 0. The van der Waals surface area contributed by atoms with Crippen LogP contribution in [-0.4, -0.2) is 10.4 Å². The maximum atomic E-state index is 11.4. The molecule has 0 heterocycles. The number of hydrogen-bond donors (Lipinski definition) is 0. The lowest BCUT2D eigenvalue weighted by Crippen LogP contribution is -2.01. The Balaban J connectivity index is 2.39. The number of ether oxygens (including phenoxy) is 1. The van der Waals surface area contributed by atoms with Crippen LogP contribution in [0.25, 0.3) is 0 Å². The number of carbonyl (C=O) groups excluding carboxylic acids is 1. The SMILES string of the molecule is C/C(=C\C(=O)OCc1ccccc1)CCI. The van der Waals surface area contributed by atoms with Crippen molar-refractivity contribution in [2.45, 2.75) is 20.0 Å². The van der Waals surface area contributed by atoms with Crippen molar-refractivity contribution in [2.75, 3.05) is 4.43 Å². The third-order valence-electron chi connectivity index (χ3n) is 2.08. The molecule has 0 aliphatic heterocycles. The van der Waals surface area contributed by atoms with Crippen LogP contribution in [0.1, 0.15) is 18.9 Å². The number of esters is 1. The molecule has 86 valence electrons. The molecular formula is C13H15IO2. The van der Waals surface area contributed by atoms with Crippen molar-refractivity contribution < 1.29 is 9.53 Å². The molecule has 0 spiro atoms. The highest BCUT2D eigenvalue weighted by Gasteiger charge is 2.00. The van der Waals surface area contributed by atoms with Crippen LogP contribution < -0.4 is 0 Å². The average Bonchev–Trinajstić information content (AvgIpc) is 2.28. The van der Waals surface area contributed by atoms with Gasteiger partial charge in [-0.25, -0.2) is 4.79 Å². The smallest absolute Gasteiger partial charge is 0.331 e. The van der Waals surface area contributed by atoms with Gasteiger partial charge in [-0.2, -0.15) is 0 Å². The van der Waals surface area contributed by atoms with Crippen molar-refractivity contribution in [1.82, 2.24) is 0 Å². The van der Waals surface area contributed by atoms with E-state index in [1.54, 1.807) is 6.08 Å². The Morgan fingerprint density at radius 2 is 2.06 bits per heavy atom. The zero-order valence-corrected chi connectivity index (χ0v) is 11.4. The molecule has 3 heteroatoms. The second-order valence-corrected chi connectivity index (χ2v) is 4.60. The van der Waals surface area contributed by atoms with Crippen LogP contribution in [0.2, 0.25) is 0 Å². The van der Waals surface area contributed by atoms with Crippen molar-refractivity contribution in [3.05, 3.63) is 47.5 Å². The molecule has 1 rings (SSSR count). The minimum absolute atomic E-state index is 0.258. The van der Waals surface area contributed by atoms with Gasteiger partial charge in [0.1, 0.15) is 6.61 Å². The highest BCUT2D eigenvalue weighted by molar-refractivity contribution is 14.1. The molecule has 1 aromatic rings. The van der Waals surface area contributed by atoms with Gasteiger partial charge in [-0.05, 0) is 18.9 Å². The Kier molecular flexibility index (Phi) is 6.15. The Morgan fingerprint density at radius 1 is 1.38 bits per heavy atom. The summed E-state index contributed by atoms with van der Waals surface area (Å²) < 4.78 is 6.15. The summed E-state index contributed by atoms with van der Waals surface area (Å²) in [5.41, 5.74) is 2.07. The number of carbonyl (C=O) groups is 1. The van der Waals surface area contributed by atoms with Crippen LogP contribution in [0.3, 0.4) is 0 Å². The number of allylic oxidation sites excluding steroid dienone is 1. The van der Waals surface area contributed by atoms with Gasteiger partial charge in [-0.3, -0.25) is 0 Å². The number of alkyl halides is 1. The Morgan fingerprint density at radius 3 is 2.69 bits per heavy atom. The molecule has 0 aromatic heterocycles. The first kappa shape index (κ1) is 13.2. The van der Waals surface area contributed by atoms with Gasteiger partial charge in [0.2, 0.25) is 0 Å². The summed E-state index contributed by atoms with van der Waals surface area (Å²) in [7, 11) is 0. The van der Waals surface area contributed by atoms with Crippen LogP contribution >= 0.6 is 22.6 Å². The number of halogens is 1. The van der Waals surface area contributed by atoms with E-state index in [-0.39, 0.29) is 5.97 Å². The maximum Gasteiger partial charge on any atom is 0.331 e. The van der Waals surface area contributed by atoms with Crippen LogP contribution in [0.15, 0.2) is 42.0 Å². The molecule has 0 amide bonds. The normalized spacial score (nSPS) is 11.2. The molecule has 0 aliphatic carbocycles. The van der Waals surface area contributed by atoms with E-state index in [0.29, 0.717) is 6.61 Å². The van der Waals surface area contributed by atoms with Crippen molar-refractivity contribution in [3.8, 4) is 0 Å². The zero-order valence-electron chi connectivity index (χ0n) is 9.28. The van der Waals surface area contributed by atoms with Gasteiger partial charge in [-0.1, -0.05) is 58.5 Å². The first-order chi connectivity index (χ1) is 7.72. The molecule has 0 N–H and O–H groups in total. The van der Waals surface area contributed by atoms with E-state index in [9.17, 15) is 4.79 Å². The monoisotopic (exact) mass is 330 g/mol. The third-order valence-corrected chi connectivity index (χ3v) is 2.62. The lowest BCUT2D eigenvalue weighted by molar-refractivity contribution is -0.139. The number of rotatable bonds is 5. The quantitative estimate of drug-likeness (QED) is 0.357. The van der Waals surface area contributed by atoms with Crippen molar-refractivity contribution >= 4 is 28.6 Å². The van der Waals surface area contributed by atoms with E-state index in [1.807, 2.05) is 37.3 Å². The molecule has 0 saturated heterocycles. The molecule has 0 atom stereocenters. The largest absolute Gasteiger partial charge is 0.458 e. The molecular weight excluding hydrogens is 315 g/mol.